The standard InChI is InChI=1S/C10H18N2O2/c1-2-3-10(4-5-14-7-10)12-6-8(11)9(12)13/h8H,2-7,11H2,1H3. The van der Waals surface area contributed by atoms with Gasteiger partial charge in [-0.2, -0.15) is 0 Å². The molecule has 0 radical (unpaired) electrons. The van der Waals surface area contributed by atoms with Crippen LogP contribution in [-0.4, -0.2) is 42.1 Å². The van der Waals surface area contributed by atoms with Crippen molar-refractivity contribution in [3.63, 3.8) is 0 Å². The van der Waals surface area contributed by atoms with Crippen molar-refractivity contribution in [2.75, 3.05) is 19.8 Å². The fourth-order valence-corrected chi connectivity index (χ4v) is 2.49. The van der Waals surface area contributed by atoms with E-state index in [-0.39, 0.29) is 17.5 Å². The molecule has 2 fully saturated rings. The van der Waals surface area contributed by atoms with Gasteiger partial charge >= 0.3 is 0 Å². The SMILES string of the molecule is CCCC1(N2CC(N)C2=O)CCOC1. The van der Waals surface area contributed by atoms with Gasteiger partial charge in [-0.3, -0.25) is 4.79 Å². The molecule has 14 heavy (non-hydrogen) atoms. The van der Waals surface area contributed by atoms with E-state index in [9.17, 15) is 4.79 Å². The third-order valence-electron chi connectivity index (χ3n) is 3.33. The first-order valence-corrected chi connectivity index (χ1v) is 5.34. The van der Waals surface area contributed by atoms with Gasteiger partial charge in [-0.15, -0.1) is 0 Å². The lowest BCUT2D eigenvalue weighted by Crippen LogP contribution is -2.69. The number of hydrogen-bond donors (Lipinski definition) is 1. The number of carbonyl (C=O) groups is 1. The van der Waals surface area contributed by atoms with Crippen LogP contribution in [0.2, 0.25) is 0 Å². The van der Waals surface area contributed by atoms with E-state index in [0.717, 1.165) is 25.9 Å². The average Bonchev–Trinajstić information content (AvgIpc) is 2.63. The molecule has 0 spiro atoms. The summed E-state index contributed by atoms with van der Waals surface area (Å²) < 4.78 is 5.42. The zero-order chi connectivity index (χ0) is 10.2. The summed E-state index contributed by atoms with van der Waals surface area (Å²) in [6, 6.07) is -0.260. The van der Waals surface area contributed by atoms with Crippen molar-refractivity contribution in [3.05, 3.63) is 0 Å². The molecule has 2 heterocycles. The van der Waals surface area contributed by atoms with E-state index in [2.05, 4.69) is 6.92 Å². The number of nitrogens with two attached hydrogens (primary N) is 1. The number of β-lactam (4-membered cyclic amide) rings is 1. The molecule has 4 heteroatoms. The Labute approximate surface area is 84.4 Å². The number of ether oxygens (including phenoxy) is 1. The normalized spacial score (nSPS) is 37.4. The largest absolute Gasteiger partial charge is 0.379 e. The number of hydrogen-bond acceptors (Lipinski definition) is 3. The van der Waals surface area contributed by atoms with Crippen LogP contribution < -0.4 is 5.73 Å². The molecule has 2 N–H and O–H groups in total. The molecule has 0 bridgehead atoms. The first-order chi connectivity index (χ1) is 6.69. The second kappa shape index (κ2) is 3.51. The van der Waals surface area contributed by atoms with Crippen molar-refractivity contribution >= 4 is 5.91 Å². The molecule has 2 saturated heterocycles. The molecule has 2 aliphatic rings. The molecule has 80 valence electrons. The van der Waals surface area contributed by atoms with Gasteiger partial charge < -0.3 is 15.4 Å². The van der Waals surface area contributed by atoms with E-state index in [1.165, 1.54) is 0 Å². The van der Waals surface area contributed by atoms with E-state index in [4.69, 9.17) is 10.5 Å². The minimum atomic E-state index is -0.260. The Kier molecular flexibility index (Phi) is 2.49. The first kappa shape index (κ1) is 9.93. The van der Waals surface area contributed by atoms with Crippen LogP contribution in [0.5, 0.6) is 0 Å². The molecular weight excluding hydrogens is 180 g/mol. The summed E-state index contributed by atoms with van der Waals surface area (Å²) in [6.07, 6.45) is 3.09. The maximum atomic E-state index is 11.6. The summed E-state index contributed by atoms with van der Waals surface area (Å²) in [5.41, 5.74) is 5.58. The summed E-state index contributed by atoms with van der Waals surface area (Å²) in [4.78, 5) is 13.5. The third-order valence-corrected chi connectivity index (χ3v) is 3.33. The lowest BCUT2D eigenvalue weighted by Gasteiger charge is -2.48. The Morgan fingerprint density at radius 2 is 2.50 bits per heavy atom. The molecule has 1 amide bonds. The molecule has 0 aromatic carbocycles. The zero-order valence-electron chi connectivity index (χ0n) is 8.66. The fraction of sp³-hybridized carbons (Fsp3) is 0.900. The predicted octanol–water partition coefficient (Wildman–Crippen LogP) is 0.115. The van der Waals surface area contributed by atoms with Crippen LogP contribution in [0, 0.1) is 0 Å². The predicted molar refractivity (Wildman–Crippen MR) is 52.8 cm³/mol. The number of carbonyl (C=O) groups excluding carboxylic acids is 1. The smallest absolute Gasteiger partial charge is 0.241 e. The summed E-state index contributed by atoms with van der Waals surface area (Å²) in [5.74, 6) is 0.101. The van der Waals surface area contributed by atoms with Crippen molar-refractivity contribution in [1.29, 1.82) is 0 Å². The van der Waals surface area contributed by atoms with Crippen LogP contribution in [0.25, 0.3) is 0 Å². The van der Waals surface area contributed by atoms with Crippen molar-refractivity contribution in [2.45, 2.75) is 37.8 Å². The Balaban J connectivity index is 2.07. The lowest BCUT2D eigenvalue weighted by atomic mass is 9.86. The van der Waals surface area contributed by atoms with Crippen molar-refractivity contribution < 1.29 is 9.53 Å². The van der Waals surface area contributed by atoms with Gasteiger partial charge in [0.1, 0.15) is 6.04 Å². The minimum absolute atomic E-state index is 0.0261. The molecule has 0 aliphatic carbocycles. The van der Waals surface area contributed by atoms with Crippen molar-refractivity contribution in [3.8, 4) is 0 Å². The topological polar surface area (TPSA) is 55.6 Å². The fourth-order valence-electron chi connectivity index (χ4n) is 2.49. The summed E-state index contributed by atoms with van der Waals surface area (Å²) >= 11 is 0. The molecule has 0 saturated carbocycles. The van der Waals surface area contributed by atoms with E-state index < -0.39 is 0 Å². The van der Waals surface area contributed by atoms with Crippen molar-refractivity contribution in [1.82, 2.24) is 4.90 Å². The maximum Gasteiger partial charge on any atom is 0.241 e. The van der Waals surface area contributed by atoms with E-state index in [0.29, 0.717) is 13.2 Å². The highest BCUT2D eigenvalue weighted by molar-refractivity contribution is 5.88. The third kappa shape index (κ3) is 1.33. The van der Waals surface area contributed by atoms with Crippen LogP contribution in [0.3, 0.4) is 0 Å². The molecule has 4 nitrogen and oxygen atoms in total. The van der Waals surface area contributed by atoms with Gasteiger partial charge in [0, 0.05) is 13.2 Å². The summed E-state index contributed by atoms with van der Waals surface area (Å²) in [6.45, 7) is 4.32. The van der Waals surface area contributed by atoms with E-state index in [1.807, 2.05) is 4.90 Å². The van der Waals surface area contributed by atoms with Crippen LogP contribution in [-0.2, 0) is 9.53 Å². The van der Waals surface area contributed by atoms with Gasteiger partial charge in [-0.25, -0.2) is 0 Å². The summed E-state index contributed by atoms with van der Waals surface area (Å²) in [7, 11) is 0. The van der Waals surface area contributed by atoms with Crippen LogP contribution in [0.4, 0.5) is 0 Å². The van der Waals surface area contributed by atoms with Gasteiger partial charge in [-0.1, -0.05) is 13.3 Å². The van der Waals surface area contributed by atoms with Crippen LogP contribution in [0.15, 0.2) is 0 Å². The number of amides is 1. The zero-order valence-corrected chi connectivity index (χ0v) is 8.66. The molecule has 0 aromatic heterocycles. The lowest BCUT2D eigenvalue weighted by molar-refractivity contribution is -0.152. The Morgan fingerprint density at radius 1 is 1.71 bits per heavy atom. The highest BCUT2D eigenvalue weighted by atomic mass is 16.5. The Morgan fingerprint density at radius 3 is 2.93 bits per heavy atom. The monoisotopic (exact) mass is 198 g/mol. The van der Waals surface area contributed by atoms with Gasteiger partial charge in [0.2, 0.25) is 5.91 Å². The molecule has 2 atom stereocenters. The number of nitrogens with zero attached hydrogens (tertiary/aromatic N) is 1. The highest BCUT2D eigenvalue weighted by Crippen LogP contribution is 2.34. The average molecular weight is 198 g/mol. The first-order valence-electron chi connectivity index (χ1n) is 5.34. The van der Waals surface area contributed by atoms with Crippen molar-refractivity contribution in [2.24, 2.45) is 5.73 Å². The Hall–Kier alpha value is -0.610. The van der Waals surface area contributed by atoms with Crippen LogP contribution >= 0.6 is 0 Å². The summed E-state index contributed by atoms with van der Waals surface area (Å²) in [5, 5.41) is 0. The maximum absolute atomic E-state index is 11.6. The highest BCUT2D eigenvalue weighted by Gasteiger charge is 2.49. The molecular formula is C10H18N2O2. The van der Waals surface area contributed by atoms with Gasteiger partial charge in [0.05, 0.1) is 12.1 Å². The van der Waals surface area contributed by atoms with Gasteiger partial charge in [-0.05, 0) is 12.8 Å². The van der Waals surface area contributed by atoms with Crippen LogP contribution in [0.1, 0.15) is 26.2 Å². The second-order valence-electron chi connectivity index (χ2n) is 4.33. The Bertz CT molecular complexity index is 236. The second-order valence-corrected chi connectivity index (χ2v) is 4.33. The number of likely N-dealkylation sites (tertiary alicyclic amines) is 1. The quantitative estimate of drug-likeness (QED) is 0.655. The van der Waals surface area contributed by atoms with E-state index in [1.54, 1.807) is 0 Å². The molecule has 2 rings (SSSR count). The van der Waals surface area contributed by atoms with E-state index >= 15 is 0 Å². The molecule has 0 aromatic rings. The number of rotatable bonds is 3. The molecule has 2 unspecified atom stereocenters. The molecule has 2 aliphatic heterocycles. The van der Waals surface area contributed by atoms with Gasteiger partial charge in [0.25, 0.3) is 0 Å². The van der Waals surface area contributed by atoms with Gasteiger partial charge in [0.15, 0.2) is 0 Å². The minimum Gasteiger partial charge on any atom is -0.379 e.